The molecule has 15 heavy (non-hydrogen) atoms. The molecule has 0 aliphatic heterocycles. The van der Waals surface area contributed by atoms with Crippen molar-refractivity contribution in [3.8, 4) is 5.75 Å². The number of halogens is 1. The summed E-state index contributed by atoms with van der Waals surface area (Å²) in [6.45, 7) is 0. The minimum absolute atomic E-state index is 0.0851. The summed E-state index contributed by atoms with van der Waals surface area (Å²) >= 11 is 5.53. The van der Waals surface area contributed by atoms with Gasteiger partial charge in [0.05, 0.1) is 16.7 Å². The number of nitrogens with zero attached hydrogens (tertiary/aromatic N) is 1. The minimum Gasteiger partial charge on any atom is -0.506 e. The zero-order valence-electron chi connectivity index (χ0n) is 7.23. The van der Waals surface area contributed by atoms with Crippen molar-refractivity contribution in [3.05, 3.63) is 27.3 Å². The molecule has 0 aliphatic carbocycles. The van der Waals surface area contributed by atoms with Crippen LogP contribution in [0.15, 0.2) is 12.1 Å². The molecule has 2 amide bonds. The lowest BCUT2D eigenvalue weighted by Gasteiger charge is -2.05. The topological polar surface area (TPSA) is 118 Å². The Labute approximate surface area is 88.6 Å². The van der Waals surface area contributed by atoms with Gasteiger partial charge in [-0.15, -0.1) is 0 Å². The Balaban J connectivity index is 3.19. The van der Waals surface area contributed by atoms with Crippen molar-refractivity contribution < 1.29 is 14.8 Å². The van der Waals surface area contributed by atoms with E-state index in [2.05, 4.69) is 5.32 Å². The fourth-order valence-electron chi connectivity index (χ4n) is 0.924. The highest BCUT2D eigenvalue weighted by Crippen LogP contribution is 2.34. The molecule has 0 fully saturated rings. The molecular formula is C7H6ClN3O4. The molecule has 0 unspecified atom stereocenters. The van der Waals surface area contributed by atoms with E-state index in [9.17, 15) is 20.0 Å². The number of anilines is 1. The minimum atomic E-state index is -0.907. The highest BCUT2D eigenvalue weighted by atomic mass is 35.5. The fraction of sp³-hybridized carbons (Fsp3) is 0. The zero-order chi connectivity index (χ0) is 11.6. The predicted octanol–water partition coefficient (Wildman–Crippen LogP) is 1.44. The van der Waals surface area contributed by atoms with Gasteiger partial charge in [-0.3, -0.25) is 10.1 Å². The number of phenolic OH excluding ortho intramolecular Hbond substituents is 1. The van der Waals surface area contributed by atoms with Crippen LogP contribution in [0.1, 0.15) is 0 Å². The standard InChI is InChI=1S/C7H6ClN3O4/c8-3-1-4(10-7(9)13)6(12)2-5(3)11(14)15/h1-2,12H,(H3,9,10,13). The maximum absolute atomic E-state index is 10.5. The van der Waals surface area contributed by atoms with Gasteiger partial charge >= 0.3 is 6.03 Å². The van der Waals surface area contributed by atoms with Crippen LogP contribution in [0.2, 0.25) is 5.02 Å². The smallest absolute Gasteiger partial charge is 0.316 e. The molecule has 0 heterocycles. The van der Waals surface area contributed by atoms with Gasteiger partial charge in [0.25, 0.3) is 5.69 Å². The van der Waals surface area contributed by atoms with Crippen molar-refractivity contribution in [1.29, 1.82) is 0 Å². The largest absolute Gasteiger partial charge is 0.506 e. The summed E-state index contributed by atoms with van der Waals surface area (Å²) in [6.07, 6.45) is 0. The lowest BCUT2D eigenvalue weighted by atomic mass is 10.2. The molecule has 8 heteroatoms. The van der Waals surface area contributed by atoms with Crippen LogP contribution in [0.4, 0.5) is 16.2 Å². The lowest BCUT2D eigenvalue weighted by Crippen LogP contribution is -2.19. The number of hydrogen-bond acceptors (Lipinski definition) is 4. The molecule has 0 aromatic heterocycles. The Kier molecular flexibility index (Phi) is 2.96. The predicted molar refractivity (Wildman–Crippen MR) is 53.0 cm³/mol. The molecule has 80 valence electrons. The van der Waals surface area contributed by atoms with E-state index >= 15 is 0 Å². The number of urea groups is 1. The highest BCUT2D eigenvalue weighted by Gasteiger charge is 2.16. The van der Waals surface area contributed by atoms with Crippen LogP contribution in [0, 0.1) is 10.1 Å². The van der Waals surface area contributed by atoms with Crippen LogP contribution in [-0.4, -0.2) is 16.1 Å². The maximum Gasteiger partial charge on any atom is 0.316 e. The Morgan fingerprint density at radius 1 is 1.60 bits per heavy atom. The van der Waals surface area contributed by atoms with Crippen LogP contribution in [-0.2, 0) is 0 Å². The van der Waals surface area contributed by atoms with Crippen molar-refractivity contribution in [2.24, 2.45) is 5.73 Å². The summed E-state index contributed by atoms with van der Waals surface area (Å²) in [4.78, 5) is 20.1. The number of carbonyl (C=O) groups excluding carboxylic acids is 1. The fourth-order valence-corrected chi connectivity index (χ4v) is 1.16. The third kappa shape index (κ3) is 2.47. The van der Waals surface area contributed by atoms with E-state index in [1.807, 2.05) is 0 Å². The number of aromatic hydroxyl groups is 1. The SMILES string of the molecule is NC(=O)Nc1cc(Cl)c([N+](=O)[O-])cc1O. The second-order valence-corrected chi connectivity index (χ2v) is 2.97. The van der Waals surface area contributed by atoms with Gasteiger partial charge in [0.1, 0.15) is 10.8 Å². The van der Waals surface area contributed by atoms with Crippen molar-refractivity contribution in [1.82, 2.24) is 0 Å². The van der Waals surface area contributed by atoms with E-state index in [-0.39, 0.29) is 10.7 Å². The summed E-state index contributed by atoms with van der Waals surface area (Å²) in [5.74, 6) is -0.482. The molecule has 0 spiro atoms. The number of hydrogen-bond donors (Lipinski definition) is 3. The van der Waals surface area contributed by atoms with Crippen molar-refractivity contribution in [2.75, 3.05) is 5.32 Å². The third-order valence-electron chi connectivity index (χ3n) is 1.52. The van der Waals surface area contributed by atoms with Crippen molar-refractivity contribution in [2.45, 2.75) is 0 Å². The van der Waals surface area contributed by atoms with Gasteiger partial charge in [0.2, 0.25) is 0 Å². The molecule has 0 saturated heterocycles. The van der Waals surface area contributed by atoms with Crippen LogP contribution in [0.25, 0.3) is 0 Å². The normalized spacial score (nSPS) is 9.67. The summed E-state index contributed by atoms with van der Waals surface area (Å²) in [7, 11) is 0. The summed E-state index contributed by atoms with van der Waals surface area (Å²) in [5.41, 5.74) is 4.26. The first kappa shape index (κ1) is 11.1. The number of amides is 2. The van der Waals surface area contributed by atoms with Crippen LogP contribution in [0.5, 0.6) is 5.75 Å². The number of nitrogens with one attached hydrogen (secondary N) is 1. The second-order valence-electron chi connectivity index (χ2n) is 2.57. The molecule has 4 N–H and O–H groups in total. The molecule has 0 aliphatic rings. The number of rotatable bonds is 2. The Morgan fingerprint density at radius 2 is 2.20 bits per heavy atom. The van der Waals surface area contributed by atoms with E-state index < -0.39 is 22.4 Å². The molecule has 7 nitrogen and oxygen atoms in total. The van der Waals surface area contributed by atoms with Gasteiger partial charge in [0, 0.05) is 0 Å². The first-order valence-electron chi connectivity index (χ1n) is 3.65. The molecule has 0 saturated carbocycles. The van der Waals surface area contributed by atoms with Crippen LogP contribution >= 0.6 is 11.6 Å². The first-order chi connectivity index (χ1) is 6.91. The maximum atomic E-state index is 10.5. The third-order valence-corrected chi connectivity index (χ3v) is 1.82. The monoisotopic (exact) mass is 231 g/mol. The van der Waals surface area contributed by atoms with Gasteiger partial charge in [0.15, 0.2) is 0 Å². The number of nitro groups is 1. The van der Waals surface area contributed by atoms with Crippen molar-refractivity contribution >= 4 is 29.0 Å². The van der Waals surface area contributed by atoms with Gasteiger partial charge in [-0.05, 0) is 6.07 Å². The molecule has 0 atom stereocenters. The van der Waals surface area contributed by atoms with E-state index in [0.717, 1.165) is 12.1 Å². The molecule has 1 rings (SSSR count). The summed E-state index contributed by atoms with van der Waals surface area (Å²) in [5, 5.41) is 21.5. The Morgan fingerprint density at radius 3 is 2.67 bits per heavy atom. The second kappa shape index (κ2) is 4.01. The summed E-state index contributed by atoms with van der Waals surface area (Å²) < 4.78 is 0. The van der Waals surface area contributed by atoms with Crippen LogP contribution in [0.3, 0.4) is 0 Å². The van der Waals surface area contributed by atoms with Gasteiger partial charge in [-0.2, -0.15) is 0 Å². The lowest BCUT2D eigenvalue weighted by molar-refractivity contribution is -0.384. The van der Waals surface area contributed by atoms with Gasteiger partial charge < -0.3 is 16.2 Å². The number of nitrogens with two attached hydrogens (primary N) is 1. The molecular weight excluding hydrogens is 226 g/mol. The number of primary amides is 1. The highest BCUT2D eigenvalue weighted by molar-refractivity contribution is 6.33. The number of phenols is 1. The Bertz CT molecular complexity index is 434. The van der Waals surface area contributed by atoms with E-state index in [1.165, 1.54) is 0 Å². The van der Waals surface area contributed by atoms with Gasteiger partial charge in [-0.25, -0.2) is 4.79 Å². The number of nitro benzene ring substituents is 1. The Hall–Kier alpha value is -2.02. The quantitative estimate of drug-likeness (QED) is 0.405. The molecule has 0 radical (unpaired) electrons. The van der Waals surface area contributed by atoms with Gasteiger partial charge in [-0.1, -0.05) is 11.6 Å². The average molecular weight is 232 g/mol. The zero-order valence-corrected chi connectivity index (χ0v) is 7.99. The van der Waals surface area contributed by atoms with E-state index in [1.54, 1.807) is 0 Å². The number of benzene rings is 1. The molecule has 1 aromatic rings. The van der Waals surface area contributed by atoms with E-state index in [4.69, 9.17) is 17.3 Å². The summed E-state index contributed by atoms with van der Waals surface area (Å²) in [6, 6.07) is 0.961. The van der Waals surface area contributed by atoms with Crippen molar-refractivity contribution in [3.63, 3.8) is 0 Å². The van der Waals surface area contributed by atoms with E-state index in [0.29, 0.717) is 0 Å². The first-order valence-corrected chi connectivity index (χ1v) is 4.03. The molecule has 1 aromatic carbocycles. The number of carbonyl (C=O) groups is 1. The average Bonchev–Trinajstić information content (AvgIpc) is 2.09. The molecule has 0 bridgehead atoms. The van der Waals surface area contributed by atoms with Crippen LogP contribution < -0.4 is 11.1 Å².